The predicted molar refractivity (Wildman–Crippen MR) is 92.7 cm³/mol. The first-order valence-corrected chi connectivity index (χ1v) is 9.40. The van der Waals surface area contributed by atoms with Gasteiger partial charge in [-0.05, 0) is 42.5 Å². The second-order valence-electron chi connectivity index (χ2n) is 5.39. The van der Waals surface area contributed by atoms with Gasteiger partial charge in [-0.25, -0.2) is 4.42 Å². The average molecular weight is 412 g/mol. The number of ether oxygens (including phenoxy) is 2. The van der Waals surface area contributed by atoms with Gasteiger partial charge in [-0.15, -0.1) is 0 Å². The molecule has 1 aromatic heterocycles. The third-order valence-corrected chi connectivity index (χ3v) is 3.23. The summed E-state index contributed by atoms with van der Waals surface area (Å²) < 4.78 is 75.5. The number of hydrogen-bond acceptors (Lipinski definition) is 2. The third kappa shape index (κ3) is 7.70. The van der Waals surface area contributed by atoms with E-state index in [0.717, 1.165) is 33.8 Å². The Morgan fingerprint density at radius 3 is 1.74 bits per heavy atom. The van der Waals surface area contributed by atoms with Crippen molar-refractivity contribution >= 4 is 18.8 Å². The van der Waals surface area contributed by atoms with Crippen molar-refractivity contribution < 1.29 is 39.1 Å². The van der Waals surface area contributed by atoms with Crippen molar-refractivity contribution in [3.8, 4) is 22.8 Å². The molecule has 1 heterocycles. The molecule has 0 saturated carbocycles. The molecule has 10 heteroatoms. The van der Waals surface area contributed by atoms with E-state index in [9.17, 15) is 25.2 Å². The fourth-order valence-corrected chi connectivity index (χ4v) is 2.11. The predicted octanol–water partition coefficient (Wildman–Crippen LogP) is 7.78. The van der Waals surface area contributed by atoms with E-state index in [1.54, 1.807) is 14.2 Å². The molecule has 0 N–H and O–H groups in total. The minimum atomic E-state index is -10.7. The summed E-state index contributed by atoms with van der Waals surface area (Å²) in [5.74, 6) is 2.48. The second-order valence-corrected chi connectivity index (χ2v) is 7.31. The first-order valence-electron chi connectivity index (χ1n) is 7.37. The minimum absolute atomic E-state index is 0.824. The van der Waals surface area contributed by atoms with Crippen LogP contribution in [0.5, 0.6) is 11.5 Å². The van der Waals surface area contributed by atoms with E-state index in [0.29, 0.717) is 0 Å². The Labute approximate surface area is 150 Å². The maximum atomic E-state index is 9.87. The Morgan fingerprint density at radius 2 is 1.22 bits per heavy atom. The first-order chi connectivity index (χ1) is 12.2. The van der Waals surface area contributed by atoms with Crippen molar-refractivity contribution in [1.82, 2.24) is 0 Å². The van der Waals surface area contributed by atoms with Gasteiger partial charge in [0.25, 0.3) is 0 Å². The van der Waals surface area contributed by atoms with Gasteiger partial charge in [0, 0.05) is 12.1 Å². The normalized spacial score (nSPS) is 13.8. The fraction of sp³-hybridized carbons (Fsp3) is 0.118. The summed E-state index contributed by atoms with van der Waals surface area (Å²) in [6.07, 6.45) is 0. The molecule has 148 valence electrons. The van der Waals surface area contributed by atoms with Gasteiger partial charge >= 0.3 is 44.3 Å². The first kappa shape index (κ1) is 20.8. The summed E-state index contributed by atoms with van der Waals surface area (Å²) in [5.41, 5.74) is 1.85. The van der Waals surface area contributed by atoms with Crippen LogP contribution in [0, 0.1) is 0 Å². The molecule has 0 unspecified atom stereocenters. The summed E-state index contributed by atoms with van der Waals surface area (Å²) in [6.45, 7) is 0. The van der Waals surface area contributed by atoms with Gasteiger partial charge in [-0.1, -0.05) is 0 Å². The zero-order valence-corrected chi connectivity index (χ0v) is 15.0. The van der Waals surface area contributed by atoms with E-state index in [1.807, 2.05) is 54.6 Å². The molecule has 3 aromatic rings. The summed E-state index contributed by atoms with van der Waals surface area (Å²) in [7, 11) is -7.35. The Kier molecular flexibility index (Phi) is 5.05. The molecule has 0 aliphatic carbocycles. The van der Waals surface area contributed by atoms with E-state index < -0.39 is 7.81 Å². The van der Waals surface area contributed by atoms with E-state index in [2.05, 4.69) is 0 Å². The van der Waals surface area contributed by atoms with Crippen LogP contribution in [0.25, 0.3) is 22.3 Å². The number of hydrogen-bond donors (Lipinski definition) is 0. The van der Waals surface area contributed by atoms with Crippen LogP contribution < -0.4 is 9.47 Å². The molecular weight excluding hydrogens is 397 g/mol. The van der Waals surface area contributed by atoms with Crippen molar-refractivity contribution in [1.29, 1.82) is 0 Å². The standard InChI is InChI=1S/C17H15O3.F6P/c1-18-14-6-3-12(4-7-14)16-9-5-13-11-15(19-2)8-10-17(13)20-16;1-7(2,3,4,5)6/h3-11H,1-2H3;/q+1;-1. The van der Waals surface area contributed by atoms with Gasteiger partial charge in [-0.2, -0.15) is 0 Å². The van der Waals surface area contributed by atoms with E-state index in [1.165, 1.54) is 0 Å². The van der Waals surface area contributed by atoms with Gasteiger partial charge < -0.3 is 9.47 Å². The van der Waals surface area contributed by atoms with Crippen LogP contribution in [0.3, 0.4) is 0 Å². The van der Waals surface area contributed by atoms with Gasteiger partial charge in [0.2, 0.25) is 0 Å². The molecule has 0 fully saturated rings. The molecule has 0 spiro atoms. The molecular formula is C17H15F6O3P. The maximum absolute atomic E-state index is 10.7. The molecule has 27 heavy (non-hydrogen) atoms. The van der Waals surface area contributed by atoms with Crippen LogP contribution in [0.15, 0.2) is 59.0 Å². The number of rotatable bonds is 3. The zero-order chi connectivity index (χ0) is 20.4. The molecule has 0 aliphatic heterocycles. The molecule has 0 saturated heterocycles. The summed E-state index contributed by atoms with van der Waals surface area (Å²) in [5, 5.41) is 1.02. The van der Waals surface area contributed by atoms with Crippen LogP contribution in [-0.2, 0) is 0 Å². The fourth-order valence-electron chi connectivity index (χ4n) is 2.11. The average Bonchev–Trinajstić information content (AvgIpc) is 2.58. The number of halogens is 6. The number of fused-ring (bicyclic) bond motifs is 1. The van der Waals surface area contributed by atoms with E-state index in [4.69, 9.17) is 13.9 Å². The van der Waals surface area contributed by atoms with Crippen LogP contribution in [0.2, 0.25) is 0 Å². The van der Waals surface area contributed by atoms with Crippen molar-refractivity contribution in [2.75, 3.05) is 14.2 Å². The topological polar surface area (TPSA) is 29.8 Å². The molecule has 0 atom stereocenters. The van der Waals surface area contributed by atoms with Gasteiger partial charge in [0.05, 0.1) is 25.2 Å². The third-order valence-electron chi connectivity index (χ3n) is 3.23. The van der Waals surface area contributed by atoms with Gasteiger partial charge in [0.1, 0.15) is 11.5 Å². The van der Waals surface area contributed by atoms with Crippen molar-refractivity contribution in [2.24, 2.45) is 0 Å². The molecule has 2 aromatic carbocycles. The summed E-state index contributed by atoms with van der Waals surface area (Å²) >= 11 is 0. The SMILES string of the molecule is COc1ccc(-c2ccc3cc(OC)ccc3[o+]2)cc1.F[P-](F)(F)(F)(F)F. The molecule has 0 radical (unpaired) electrons. The Hall–Kier alpha value is -2.54. The van der Waals surface area contributed by atoms with Gasteiger partial charge in [0.15, 0.2) is 0 Å². The van der Waals surface area contributed by atoms with Crippen LogP contribution in [0.1, 0.15) is 0 Å². The number of benzene rings is 2. The van der Waals surface area contributed by atoms with Crippen LogP contribution in [-0.4, -0.2) is 14.2 Å². The van der Waals surface area contributed by atoms with E-state index in [-0.39, 0.29) is 0 Å². The quantitative estimate of drug-likeness (QED) is 0.250. The van der Waals surface area contributed by atoms with Crippen molar-refractivity contribution in [3.63, 3.8) is 0 Å². The number of methoxy groups -OCH3 is 2. The van der Waals surface area contributed by atoms with Crippen molar-refractivity contribution in [2.45, 2.75) is 0 Å². The second kappa shape index (κ2) is 6.56. The summed E-state index contributed by atoms with van der Waals surface area (Å²) in [6, 6.07) is 17.6. The van der Waals surface area contributed by atoms with Crippen LogP contribution in [0.4, 0.5) is 25.2 Å². The Balaban J connectivity index is 0.000000321. The molecule has 3 rings (SSSR count). The zero-order valence-electron chi connectivity index (χ0n) is 14.1. The Morgan fingerprint density at radius 1 is 0.704 bits per heavy atom. The van der Waals surface area contributed by atoms with E-state index >= 15 is 0 Å². The molecule has 3 nitrogen and oxygen atoms in total. The summed E-state index contributed by atoms with van der Waals surface area (Å²) in [4.78, 5) is 0. The van der Waals surface area contributed by atoms with Crippen molar-refractivity contribution in [3.05, 3.63) is 54.6 Å². The Bertz CT molecular complexity index is 929. The molecule has 0 amide bonds. The molecule has 0 aliphatic rings. The molecule has 0 bridgehead atoms. The van der Waals surface area contributed by atoms with Crippen LogP contribution >= 0.6 is 7.81 Å². The monoisotopic (exact) mass is 412 g/mol. The van der Waals surface area contributed by atoms with Gasteiger partial charge in [-0.3, -0.25) is 0 Å².